The maximum atomic E-state index is 10.9. The number of hydrogen-bond acceptors (Lipinski definition) is 4. The molecule has 18 heavy (non-hydrogen) atoms. The minimum atomic E-state index is -0.421. The highest BCUT2D eigenvalue weighted by molar-refractivity contribution is 5.86. The molecule has 0 heterocycles. The summed E-state index contributed by atoms with van der Waals surface area (Å²) < 4.78 is 4.47. The van der Waals surface area contributed by atoms with E-state index in [9.17, 15) is 4.79 Å². The molecule has 0 spiro atoms. The van der Waals surface area contributed by atoms with Crippen LogP contribution < -0.4 is 0 Å². The lowest BCUT2D eigenvalue weighted by molar-refractivity contribution is -0.134. The van der Waals surface area contributed by atoms with Gasteiger partial charge in [0.2, 0.25) is 0 Å². The molecule has 1 aromatic rings. The van der Waals surface area contributed by atoms with E-state index in [4.69, 9.17) is 10.5 Å². The number of ether oxygens (including phenoxy) is 1. The summed E-state index contributed by atoms with van der Waals surface area (Å²) in [5.41, 5.74) is 1.63. The van der Waals surface area contributed by atoms with E-state index in [-0.39, 0.29) is 5.57 Å². The number of allylic oxidation sites excluding steroid dienone is 1. The monoisotopic (exact) mass is 238 g/mol. The van der Waals surface area contributed by atoms with Gasteiger partial charge in [-0.15, -0.1) is 0 Å². The van der Waals surface area contributed by atoms with E-state index in [0.717, 1.165) is 11.1 Å². The summed E-state index contributed by atoms with van der Waals surface area (Å²) >= 11 is 0. The average molecular weight is 238 g/mol. The Bertz CT molecular complexity index is 553. The lowest BCUT2D eigenvalue weighted by atomic mass is 10.1. The van der Waals surface area contributed by atoms with Crippen molar-refractivity contribution in [3.8, 4) is 12.1 Å². The van der Waals surface area contributed by atoms with Gasteiger partial charge in [-0.2, -0.15) is 10.5 Å². The van der Waals surface area contributed by atoms with Crippen LogP contribution >= 0.6 is 0 Å². The molecule has 0 atom stereocenters. The highest BCUT2D eigenvalue weighted by Crippen LogP contribution is 2.09. The molecule has 1 aromatic carbocycles. The first-order chi connectivity index (χ1) is 8.69. The summed E-state index contributed by atoms with van der Waals surface area (Å²) in [6.45, 7) is 0. The third-order valence-corrected chi connectivity index (χ3v) is 2.10. The fourth-order valence-electron chi connectivity index (χ4n) is 1.19. The quantitative estimate of drug-likeness (QED) is 0.460. The van der Waals surface area contributed by atoms with Crippen molar-refractivity contribution in [3.05, 3.63) is 47.0 Å². The van der Waals surface area contributed by atoms with Gasteiger partial charge in [-0.25, -0.2) is 4.79 Å². The second-order valence-electron chi connectivity index (χ2n) is 3.30. The van der Waals surface area contributed by atoms with E-state index in [1.165, 1.54) is 19.3 Å². The second kappa shape index (κ2) is 6.67. The third-order valence-electron chi connectivity index (χ3n) is 2.10. The highest BCUT2D eigenvalue weighted by Gasteiger charge is 1.95. The number of nitrogens with zero attached hydrogens (tertiary/aromatic N) is 2. The summed E-state index contributed by atoms with van der Waals surface area (Å²) in [6.07, 6.45) is 4.43. The Balaban J connectivity index is 2.85. The summed E-state index contributed by atoms with van der Waals surface area (Å²) in [6, 6.07) is 10.6. The molecule has 0 N–H and O–H groups in total. The standard InChI is InChI=1S/C14H10N2O2/c1-18-14(17)7-6-11-2-4-12(5-3-11)8-13(9-15)10-16/h2-8H,1H3. The minimum absolute atomic E-state index is 0.0489. The van der Waals surface area contributed by atoms with Gasteiger partial charge in [0.25, 0.3) is 0 Å². The van der Waals surface area contributed by atoms with Gasteiger partial charge >= 0.3 is 5.97 Å². The number of methoxy groups -OCH3 is 1. The van der Waals surface area contributed by atoms with Crippen LogP contribution in [0.4, 0.5) is 0 Å². The van der Waals surface area contributed by atoms with E-state index >= 15 is 0 Å². The van der Waals surface area contributed by atoms with Crippen molar-refractivity contribution in [3.63, 3.8) is 0 Å². The molecular weight excluding hydrogens is 228 g/mol. The van der Waals surface area contributed by atoms with Gasteiger partial charge in [0.15, 0.2) is 0 Å². The summed E-state index contributed by atoms with van der Waals surface area (Å²) in [4.78, 5) is 10.9. The molecule has 88 valence electrons. The van der Waals surface area contributed by atoms with Crippen molar-refractivity contribution >= 4 is 18.1 Å². The van der Waals surface area contributed by atoms with Gasteiger partial charge in [-0.3, -0.25) is 0 Å². The van der Waals surface area contributed by atoms with Crippen LogP contribution in [-0.4, -0.2) is 13.1 Å². The van der Waals surface area contributed by atoms with Crippen LogP contribution in [0.1, 0.15) is 11.1 Å². The van der Waals surface area contributed by atoms with Crippen molar-refractivity contribution < 1.29 is 9.53 Å². The first kappa shape index (κ1) is 13.2. The molecule has 0 aliphatic heterocycles. The molecule has 0 amide bonds. The molecule has 0 aromatic heterocycles. The first-order valence-corrected chi connectivity index (χ1v) is 5.07. The van der Waals surface area contributed by atoms with E-state index in [0.29, 0.717) is 0 Å². The molecule has 0 fully saturated rings. The number of benzene rings is 1. The number of rotatable bonds is 3. The zero-order valence-electron chi connectivity index (χ0n) is 9.75. The Labute approximate surface area is 105 Å². The van der Waals surface area contributed by atoms with Gasteiger partial charge in [0.1, 0.15) is 17.7 Å². The number of nitriles is 2. The van der Waals surface area contributed by atoms with E-state index in [2.05, 4.69) is 4.74 Å². The second-order valence-corrected chi connectivity index (χ2v) is 3.30. The largest absolute Gasteiger partial charge is 0.466 e. The maximum absolute atomic E-state index is 10.9. The molecule has 0 radical (unpaired) electrons. The molecule has 0 bridgehead atoms. The highest BCUT2D eigenvalue weighted by atomic mass is 16.5. The first-order valence-electron chi connectivity index (χ1n) is 5.07. The molecule has 0 aliphatic carbocycles. The van der Waals surface area contributed by atoms with Crippen molar-refractivity contribution in [1.82, 2.24) is 0 Å². The maximum Gasteiger partial charge on any atom is 0.330 e. The van der Waals surface area contributed by atoms with Crippen LogP contribution in [-0.2, 0) is 9.53 Å². The molecule has 0 saturated carbocycles. The van der Waals surface area contributed by atoms with E-state index in [1.807, 2.05) is 0 Å². The molecule has 0 unspecified atom stereocenters. The topological polar surface area (TPSA) is 73.9 Å². The predicted molar refractivity (Wildman–Crippen MR) is 66.7 cm³/mol. The average Bonchev–Trinajstić information content (AvgIpc) is 2.43. The van der Waals surface area contributed by atoms with Crippen molar-refractivity contribution in [1.29, 1.82) is 10.5 Å². The minimum Gasteiger partial charge on any atom is -0.466 e. The fraction of sp³-hybridized carbons (Fsp3) is 0.0714. The number of hydrogen-bond donors (Lipinski definition) is 0. The van der Waals surface area contributed by atoms with E-state index in [1.54, 1.807) is 42.5 Å². The van der Waals surface area contributed by atoms with Crippen LogP contribution in [0.25, 0.3) is 12.2 Å². The van der Waals surface area contributed by atoms with Crippen LogP contribution in [0, 0.1) is 22.7 Å². The Hall–Kier alpha value is -2.85. The molecular formula is C14H10N2O2. The lowest BCUT2D eigenvalue weighted by Crippen LogP contribution is -1.93. The van der Waals surface area contributed by atoms with Gasteiger partial charge < -0.3 is 4.74 Å². The van der Waals surface area contributed by atoms with E-state index < -0.39 is 5.97 Å². The molecule has 1 rings (SSSR count). The number of carbonyl (C=O) groups is 1. The zero-order valence-corrected chi connectivity index (χ0v) is 9.75. The van der Waals surface area contributed by atoms with Gasteiger partial charge in [0.05, 0.1) is 7.11 Å². The van der Waals surface area contributed by atoms with Crippen molar-refractivity contribution in [2.75, 3.05) is 7.11 Å². The summed E-state index contributed by atoms with van der Waals surface area (Å²) in [5, 5.41) is 17.2. The van der Waals surface area contributed by atoms with Crippen molar-refractivity contribution in [2.24, 2.45) is 0 Å². The van der Waals surface area contributed by atoms with Gasteiger partial charge in [0, 0.05) is 6.08 Å². The fourth-order valence-corrected chi connectivity index (χ4v) is 1.19. The molecule has 0 aliphatic rings. The number of esters is 1. The number of carbonyl (C=O) groups excluding carboxylic acids is 1. The Morgan fingerprint density at radius 1 is 1.17 bits per heavy atom. The summed E-state index contributed by atoms with van der Waals surface area (Å²) in [7, 11) is 1.31. The summed E-state index contributed by atoms with van der Waals surface area (Å²) in [5.74, 6) is -0.421. The normalized spacial score (nSPS) is 9.28. The predicted octanol–water partition coefficient (Wildman–Crippen LogP) is 2.30. The molecule has 4 nitrogen and oxygen atoms in total. The van der Waals surface area contributed by atoms with Crippen LogP contribution in [0.15, 0.2) is 35.9 Å². The Kier molecular flexibility index (Phi) is 4.90. The van der Waals surface area contributed by atoms with Crippen LogP contribution in [0.3, 0.4) is 0 Å². The third kappa shape index (κ3) is 3.96. The molecule has 4 heteroatoms. The smallest absolute Gasteiger partial charge is 0.330 e. The molecule has 0 saturated heterocycles. The van der Waals surface area contributed by atoms with Crippen LogP contribution in [0.5, 0.6) is 0 Å². The SMILES string of the molecule is COC(=O)C=Cc1ccc(C=C(C#N)C#N)cc1. The van der Waals surface area contributed by atoms with Crippen molar-refractivity contribution in [2.45, 2.75) is 0 Å². The lowest BCUT2D eigenvalue weighted by Gasteiger charge is -1.96. The van der Waals surface area contributed by atoms with Gasteiger partial charge in [-0.05, 0) is 23.3 Å². The zero-order chi connectivity index (χ0) is 13.4. The Morgan fingerprint density at radius 3 is 2.22 bits per heavy atom. The van der Waals surface area contributed by atoms with Crippen LogP contribution in [0.2, 0.25) is 0 Å². The Morgan fingerprint density at radius 2 is 1.72 bits per heavy atom. The van der Waals surface area contributed by atoms with Gasteiger partial charge in [-0.1, -0.05) is 24.3 Å².